The smallest absolute Gasteiger partial charge is 0.128 e. The van der Waals surface area contributed by atoms with E-state index >= 15 is 0 Å². The first-order chi connectivity index (χ1) is 11.8. The lowest BCUT2D eigenvalue weighted by molar-refractivity contribution is 0.417. The molecule has 4 rings (SSSR count). The zero-order chi connectivity index (χ0) is 16.5. The first-order valence-corrected chi connectivity index (χ1v) is 7.53. The summed E-state index contributed by atoms with van der Waals surface area (Å²) in [7, 11) is 1.62. The number of rotatable bonds is 2. The molecule has 2 aromatic heterocycles. The molecule has 0 saturated carbocycles. The van der Waals surface area contributed by atoms with Crippen LogP contribution in [0.25, 0.3) is 32.9 Å². The van der Waals surface area contributed by atoms with Crippen LogP contribution in [0.4, 0.5) is 0 Å². The summed E-state index contributed by atoms with van der Waals surface area (Å²) >= 11 is 0. The van der Waals surface area contributed by atoms with Crippen LogP contribution in [0.2, 0.25) is 0 Å². The van der Waals surface area contributed by atoms with Gasteiger partial charge in [0, 0.05) is 23.3 Å². The fourth-order valence-electron chi connectivity index (χ4n) is 2.93. The minimum absolute atomic E-state index is 0.460. The van der Waals surface area contributed by atoms with Crippen LogP contribution in [0.3, 0.4) is 0 Å². The Bertz CT molecular complexity index is 1110. The molecular formula is C20H13N3O. The molecule has 4 nitrogen and oxygen atoms in total. The second-order valence-electron chi connectivity index (χ2n) is 5.43. The Kier molecular flexibility index (Phi) is 3.33. The van der Waals surface area contributed by atoms with Gasteiger partial charge in [0.1, 0.15) is 17.4 Å². The summed E-state index contributed by atoms with van der Waals surface area (Å²) in [5.74, 6) is 0.688. The normalized spacial score (nSPS) is 10.7. The van der Waals surface area contributed by atoms with Crippen LogP contribution in [0, 0.1) is 11.3 Å². The number of benzene rings is 2. The van der Waals surface area contributed by atoms with Crippen molar-refractivity contribution >= 4 is 21.7 Å². The molecule has 0 aliphatic carbocycles. The van der Waals surface area contributed by atoms with Crippen LogP contribution in [0.5, 0.6) is 5.75 Å². The summed E-state index contributed by atoms with van der Waals surface area (Å²) in [6.45, 7) is 0. The maximum atomic E-state index is 9.68. The first kappa shape index (κ1) is 14.2. The molecule has 24 heavy (non-hydrogen) atoms. The molecule has 0 fully saturated rings. The van der Waals surface area contributed by atoms with Crippen molar-refractivity contribution in [3.63, 3.8) is 0 Å². The molecule has 4 aromatic rings. The maximum Gasteiger partial charge on any atom is 0.128 e. The Hall–Kier alpha value is -3.45. The molecule has 2 heterocycles. The summed E-state index contributed by atoms with van der Waals surface area (Å²) in [4.78, 5) is 8.87. The average Bonchev–Trinajstić information content (AvgIpc) is 2.65. The Labute approximate surface area is 139 Å². The van der Waals surface area contributed by atoms with Gasteiger partial charge >= 0.3 is 0 Å². The molecule has 2 aromatic carbocycles. The van der Waals surface area contributed by atoms with Gasteiger partial charge in [0.15, 0.2) is 0 Å². The lowest BCUT2D eigenvalue weighted by Crippen LogP contribution is -1.96. The second kappa shape index (κ2) is 5.64. The molecule has 0 amide bonds. The fraction of sp³-hybridized carbons (Fsp3) is 0.0500. The number of nitrogens with zero attached hydrogens (tertiary/aromatic N) is 3. The summed E-state index contributed by atoms with van der Waals surface area (Å²) in [6, 6.07) is 18.0. The number of hydrogen-bond acceptors (Lipinski definition) is 4. The number of aromatic nitrogens is 2. The first-order valence-electron chi connectivity index (χ1n) is 7.53. The Morgan fingerprint density at radius 3 is 2.46 bits per heavy atom. The van der Waals surface area contributed by atoms with E-state index in [1.54, 1.807) is 19.5 Å². The van der Waals surface area contributed by atoms with Gasteiger partial charge in [-0.3, -0.25) is 9.97 Å². The van der Waals surface area contributed by atoms with E-state index in [2.05, 4.69) is 16.0 Å². The molecule has 0 atom stereocenters. The molecule has 0 unspecified atom stereocenters. The zero-order valence-electron chi connectivity index (χ0n) is 13.0. The second-order valence-corrected chi connectivity index (χ2v) is 5.43. The third kappa shape index (κ3) is 2.15. The van der Waals surface area contributed by atoms with Crippen LogP contribution < -0.4 is 4.74 Å². The molecule has 0 radical (unpaired) electrons. The van der Waals surface area contributed by atoms with Gasteiger partial charge in [-0.05, 0) is 35.0 Å². The SMILES string of the molecule is COc1cc2ccccc2cc1-c1ncc2cccnc2c1C#N. The highest BCUT2D eigenvalue weighted by molar-refractivity contribution is 5.94. The quantitative estimate of drug-likeness (QED) is 0.553. The summed E-state index contributed by atoms with van der Waals surface area (Å²) in [5, 5.41) is 12.7. The molecule has 0 spiro atoms. The van der Waals surface area contributed by atoms with Crippen molar-refractivity contribution < 1.29 is 4.74 Å². The number of ether oxygens (including phenoxy) is 1. The summed E-state index contributed by atoms with van der Waals surface area (Å²) < 4.78 is 5.55. The zero-order valence-corrected chi connectivity index (χ0v) is 13.0. The minimum atomic E-state index is 0.460. The highest BCUT2D eigenvalue weighted by Gasteiger charge is 2.16. The van der Waals surface area contributed by atoms with Crippen LogP contribution in [-0.4, -0.2) is 17.1 Å². The van der Waals surface area contributed by atoms with Gasteiger partial charge in [0.2, 0.25) is 0 Å². The van der Waals surface area contributed by atoms with Crippen molar-refractivity contribution in [1.82, 2.24) is 9.97 Å². The standard InChI is InChI=1S/C20H13N3O/c1-24-18-10-14-6-3-2-5-13(14)9-16(18)20-17(11-21)19-15(12-23-20)7-4-8-22-19/h2-10,12H,1H3. The van der Waals surface area contributed by atoms with Crippen molar-refractivity contribution in [2.24, 2.45) is 0 Å². The molecule has 114 valence electrons. The minimum Gasteiger partial charge on any atom is -0.496 e. The van der Waals surface area contributed by atoms with Crippen LogP contribution in [-0.2, 0) is 0 Å². The summed E-state index contributed by atoms with van der Waals surface area (Å²) in [5.41, 5.74) is 2.49. The third-order valence-electron chi connectivity index (χ3n) is 4.08. The number of pyridine rings is 2. The van der Waals surface area contributed by atoms with Gasteiger partial charge in [-0.1, -0.05) is 24.3 Å². The molecular weight excluding hydrogens is 298 g/mol. The highest BCUT2D eigenvalue weighted by atomic mass is 16.5. The van der Waals surface area contributed by atoms with Gasteiger partial charge in [-0.25, -0.2) is 0 Å². The monoisotopic (exact) mass is 311 g/mol. The molecule has 0 bridgehead atoms. The predicted octanol–water partition coefficient (Wildman–Crippen LogP) is 4.33. The van der Waals surface area contributed by atoms with Crippen LogP contribution in [0.1, 0.15) is 5.56 Å². The van der Waals surface area contributed by atoms with E-state index in [0.29, 0.717) is 22.5 Å². The van der Waals surface area contributed by atoms with Gasteiger partial charge in [0.25, 0.3) is 0 Å². The van der Waals surface area contributed by atoms with Crippen molar-refractivity contribution in [1.29, 1.82) is 5.26 Å². The third-order valence-corrected chi connectivity index (χ3v) is 4.08. The highest BCUT2D eigenvalue weighted by Crippen LogP contribution is 2.36. The lowest BCUT2D eigenvalue weighted by atomic mass is 9.99. The van der Waals surface area contributed by atoms with Crippen molar-refractivity contribution in [3.05, 3.63) is 66.5 Å². The molecule has 0 aliphatic rings. The number of nitriles is 1. The Morgan fingerprint density at radius 1 is 0.958 bits per heavy atom. The topological polar surface area (TPSA) is 58.8 Å². The van der Waals surface area contributed by atoms with E-state index in [0.717, 1.165) is 21.7 Å². The number of fused-ring (bicyclic) bond motifs is 2. The molecule has 0 saturated heterocycles. The largest absolute Gasteiger partial charge is 0.496 e. The predicted molar refractivity (Wildman–Crippen MR) is 93.7 cm³/mol. The van der Waals surface area contributed by atoms with Crippen LogP contribution >= 0.6 is 0 Å². The lowest BCUT2D eigenvalue weighted by Gasteiger charge is -2.12. The molecule has 0 N–H and O–H groups in total. The molecule has 4 heteroatoms. The fourth-order valence-corrected chi connectivity index (χ4v) is 2.93. The average molecular weight is 311 g/mol. The van der Waals surface area contributed by atoms with Gasteiger partial charge in [-0.15, -0.1) is 0 Å². The Morgan fingerprint density at radius 2 is 1.71 bits per heavy atom. The Balaban J connectivity index is 2.07. The van der Waals surface area contributed by atoms with E-state index in [4.69, 9.17) is 4.74 Å². The van der Waals surface area contributed by atoms with Gasteiger partial charge in [0.05, 0.1) is 18.3 Å². The van der Waals surface area contributed by atoms with Gasteiger partial charge in [-0.2, -0.15) is 5.26 Å². The van der Waals surface area contributed by atoms with E-state index in [1.165, 1.54) is 0 Å². The molecule has 0 aliphatic heterocycles. The van der Waals surface area contributed by atoms with Crippen molar-refractivity contribution in [2.75, 3.05) is 7.11 Å². The summed E-state index contributed by atoms with van der Waals surface area (Å²) in [6.07, 6.45) is 3.43. The van der Waals surface area contributed by atoms with E-state index in [1.807, 2.05) is 48.5 Å². The van der Waals surface area contributed by atoms with Crippen molar-refractivity contribution in [2.45, 2.75) is 0 Å². The van der Waals surface area contributed by atoms with E-state index in [9.17, 15) is 5.26 Å². The van der Waals surface area contributed by atoms with Crippen LogP contribution in [0.15, 0.2) is 60.9 Å². The van der Waals surface area contributed by atoms with Crippen molar-refractivity contribution in [3.8, 4) is 23.1 Å². The number of hydrogen-bond donors (Lipinski definition) is 0. The number of methoxy groups -OCH3 is 1. The van der Waals surface area contributed by atoms with E-state index < -0.39 is 0 Å². The maximum absolute atomic E-state index is 9.68. The van der Waals surface area contributed by atoms with E-state index in [-0.39, 0.29) is 0 Å². The van der Waals surface area contributed by atoms with Gasteiger partial charge < -0.3 is 4.74 Å².